The van der Waals surface area contributed by atoms with Crippen LogP contribution in [0.1, 0.15) is 31.8 Å². The van der Waals surface area contributed by atoms with E-state index in [2.05, 4.69) is 40.7 Å². The van der Waals surface area contributed by atoms with Crippen molar-refractivity contribution in [1.29, 1.82) is 0 Å². The largest absolute Gasteiger partial charge is 0.468 e. The highest BCUT2D eigenvalue weighted by Gasteiger charge is 2.13. The van der Waals surface area contributed by atoms with Crippen LogP contribution in [-0.4, -0.2) is 86.0 Å². The highest BCUT2D eigenvalue weighted by Crippen LogP contribution is 2.20. The summed E-state index contributed by atoms with van der Waals surface area (Å²) in [5.41, 5.74) is 5.00. The summed E-state index contributed by atoms with van der Waals surface area (Å²) in [7, 11) is 2.51. The summed E-state index contributed by atoms with van der Waals surface area (Å²) >= 11 is 0. The molecule has 0 aliphatic heterocycles. The zero-order valence-electron chi connectivity index (χ0n) is 24.9. The van der Waals surface area contributed by atoms with Crippen LogP contribution in [0.15, 0.2) is 79.1 Å². The molecule has 0 atom stereocenters. The van der Waals surface area contributed by atoms with E-state index in [-0.39, 0.29) is 24.9 Å². The molecule has 0 bridgehead atoms. The maximum Gasteiger partial charge on any atom is 0.325 e. The third-order valence-electron chi connectivity index (χ3n) is 6.71. The number of carbonyl (C=O) groups is 4. The molecule has 0 saturated carbocycles. The Hall–Kier alpha value is -6.25. The number of aromatic nitrogens is 7. The lowest BCUT2D eigenvalue weighted by molar-refractivity contribution is -0.140. The van der Waals surface area contributed by atoms with Gasteiger partial charge in [-0.15, -0.1) is 10.2 Å². The van der Waals surface area contributed by atoms with E-state index >= 15 is 0 Å². The Bertz CT molecular complexity index is 1720. The van der Waals surface area contributed by atoms with Gasteiger partial charge in [0.15, 0.2) is 0 Å². The first-order valence-electron chi connectivity index (χ1n) is 14.0. The lowest BCUT2D eigenvalue weighted by Crippen LogP contribution is -2.30. The van der Waals surface area contributed by atoms with Gasteiger partial charge in [-0.05, 0) is 47.5 Å². The molecule has 0 saturated heterocycles. The van der Waals surface area contributed by atoms with Crippen LogP contribution in [0.4, 0.5) is 0 Å². The Labute approximate surface area is 262 Å². The standard InChI is InChI=1S/C31H29N9O6/c1-45-28(41)14-32-30(43)22-10-6-20(7-11-22)16-39-18-26(35-37-39)24-4-3-5-25(34-24)27-19-40(38-36-27)17-21-8-12-23(13-9-21)31(44)33-15-29(42)46-2/h3-13,18-19H,14-17H2,1-2H3,(H,32,43)(H,33,44). The summed E-state index contributed by atoms with van der Waals surface area (Å²) in [4.78, 5) is 51.6. The first kappa shape index (κ1) is 31.2. The predicted molar refractivity (Wildman–Crippen MR) is 162 cm³/mol. The van der Waals surface area contributed by atoms with Crippen LogP contribution < -0.4 is 10.6 Å². The van der Waals surface area contributed by atoms with E-state index in [1.807, 2.05) is 18.2 Å². The number of nitrogens with zero attached hydrogens (tertiary/aromatic N) is 7. The molecular weight excluding hydrogens is 594 g/mol. The third kappa shape index (κ3) is 8.02. The van der Waals surface area contributed by atoms with Crippen molar-refractivity contribution in [2.45, 2.75) is 13.1 Å². The third-order valence-corrected chi connectivity index (χ3v) is 6.71. The molecule has 2 amide bonds. The number of carbonyl (C=O) groups excluding carboxylic acids is 4. The Morgan fingerprint density at radius 2 is 1.02 bits per heavy atom. The number of hydrogen-bond donors (Lipinski definition) is 2. The number of pyridine rings is 1. The van der Waals surface area contributed by atoms with Crippen LogP contribution >= 0.6 is 0 Å². The summed E-state index contributed by atoms with van der Waals surface area (Å²) in [6.45, 7) is 0.437. The van der Waals surface area contributed by atoms with E-state index in [1.165, 1.54) is 14.2 Å². The minimum Gasteiger partial charge on any atom is -0.468 e. The Morgan fingerprint density at radius 3 is 1.41 bits per heavy atom. The molecule has 46 heavy (non-hydrogen) atoms. The predicted octanol–water partition coefficient (Wildman–Crippen LogP) is 1.50. The number of hydrogen-bond acceptors (Lipinski definition) is 11. The minimum atomic E-state index is -0.527. The maximum absolute atomic E-state index is 12.2. The van der Waals surface area contributed by atoms with Crippen LogP contribution in [0.25, 0.3) is 22.8 Å². The highest BCUT2D eigenvalue weighted by molar-refractivity contribution is 5.96. The van der Waals surface area contributed by atoms with Gasteiger partial charge in [0, 0.05) is 11.1 Å². The van der Waals surface area contributed by atoms with Gasteiger partial charge in [-0.1, -0.05) is 40.8 Å². The van der Waals surface area contributed by atoms with E-state index < -0.39 is 11.9 Å². The first-order valence-corrected chi connectivity index (χ1v) is 14.0. The van der Waals surface area contributed by atoms with Crippen molar-refractivity contribution in [3.63, 3.8) is 0 Å². The van der Waals surface area contributed by atoms with Crippen molar-refractivity contribution >= 4 is 23.8 Å². The molecule has 0 unspecified atom stereocenters. The number of benzene rings is 2. The minimum absolute atomic E-state index is 0.202. The van der Waals surface area contributed by atoms with Gasteiger partial charge < -0.3 is 20.1 Å². The monoisotopic (exact) mass is 623 g/mol. The fourth-order valence-corrected chi connectivity index (χ4v) is 4.26. The number of ether oxygens (including phenoxy) is 2. The Kier molecular flexibility index (Phi) is 9.82. The number of nitrogens with one attached hydrogen (secondary N) is 2. The molecule has 3 aromatic heterocycles. The molecule has 3 heterocycles. The fraction of sp³-hybridized carbons (Fsp3) is 0.194. The molecule has 0 aliphatic carbocycles. The second kappa shape index (κ2) is 14.5. The van der Waals surface area contributed by atoms with E-state index in [4.69, 9.17) is 4.98 Å². The van der Waals surface area contributed by atoms with Crippen molar-refractivity contribution < 1.29 is 28.7 Å². The highest BCUT2D eigenvalue weighted by atomic mass is 16.5. The van der Waals surface area contributed by atoms with Crippen molar-refractivity contribution in [3.05, 3.63) is 101 Å². The first-order chi connectivity index (χ1) is 22.3. The van der Waals surface area contributed by atoms with Crippen molar-refractivity contribution in [3.8, 4) is 22.8 Å². The molecule has 15 nitrogen and oxygen atoms in total. The number of methoxy groups -OCH3 is 2. The van der Waals surface area contributed by atoms with Crippen LogP contribution in [0.2, 0.25) is 0 Å². The lowest BCUT2D eigenvalue weighted by Gasteiger charge is -2.05. The van der Waals surface area contributed by atoms with Gasteiger partial charge in [0.05, 0.1) is 51.1 Å². The maximum atomic E-state index is 12.2. The van der Waals surface area contributed by atoms with Gasteiger partial charge >= 0.3 is 11.9 Å². The second-order valence-electron chi connectivity index (χ2n) is 9.92. The van der Waals surface area contributed by atoms with E-state index in [0.29, 0.717) is 47.0 Å². The molecule has 234 valence electrons. The second-order valence-corrected chi connectivity index (χ2v) is 9.92. The molecule has 0 spiro atoms. The zero-order chi connectivity index (χ0) is 32.5. The van der Waals surface area contributed by atoms with Crippen LogP contribution in [-0.2, 0) is 32.2 Å². The molecule has 0 fully saturated rings. The van der Waals surface area contributed by atoms with Gasteiger partial charge in [0.25, 0.3) is 11.8 Å². The number of esters is 2. The van der Waals surface area contributed by atoms with Crippen molar-refractivity contribution in [2.75, 3.05) is 27.3 Å². The van der Waals surface area contributed by atoms with E-state index in [9.17, 15) is 19.2 Å². The number of rotatable bonds is 12. The average Bonchev–Trinajstić information content (AvgIpc) is 3.76. The summed E-state index contributed by atoms with van der Waals surface area (Å²) in [5.74, 6) is -1.80. The van der Waals surface area contributed by atoms with Crippen molar-refractivity contribution in [1.82, 2.24) is 45.6 Å². The van der Waals surface area contributed by atoms with Gasteiger partial charge in [-0.3, -0.25) is 19.2 Å². The normalized spacial score (nSPS) is 10.7. The van der Waals surface area contributed by atoms with Gasteiger partial charge in [-0.2, -0.15) is 0 Å². The average molecular weight is 624 g/mol. The fourth-order valence-electron chi connectivity index (χ4n) is 4.26. The van der Waals surface area contributed by atoms with Crippen LogP contribution in [0, 0.1) is 0 Å². The van der Waals surface area contributed by atoms with E-state index in [1.54, 1.807) is 70.3 Å². The Morgan fingerprint density at radius 1 is 0.609 bits per heavy atom. The summed E-state index contributed by atoms with van der Waals surface area (Å²) < 4.78 is 12.4. The topological polar surface area (TPSA) is 185 Å². The quantitative estimate of drug-likeness (QED) is 0.192. The molecule has 2 aromatic carbocycles. The SMILES string of the molecule is COC(=O)CNC(=O)c1ccc(Cn2cc(-c3cccc(-c4cn(Cc5ccc(C(=O)NCC(=O)OC)cc5)nn4)n3)nn2)cc1. The van der Waals surface area contributed by atoms with Crippen LogP contribution in [0.3, 0.4) is 0 Å². The Balaban J connectivity index is 1.18. The smallest absolute Gasteiger partial charge is 0.325 e. The van der Waals surface area contributed by atoms with Gasteiger partial charge in [0.2, 0.25) is 0 Å². The molecule has 0 radical (unpaired) electrons. The van der Waals surface area contributed by atoms with Crippen LogP contribution in [0.5, 0.6) is 0 Å². The molecule has 0 aliphatic rings. The summed E-state index contributed by atoms with van der Waals surface area (Å²) in [6, 6.07) is 19.4. The summed E-state index contributed by atoms with van der Waals surface area (Å²) in [6.07, 6.45) is 3.55. The van der Waals surface area contributed by atoms with Gasteiger partial charge in [-0.25, -0.2) is 14.3 Å². The molecule has 5 aromatic rings. The number of amides is 2. The summed E-state index contributed by atoms with van der Waals surface area (Å²) in [5, 5.41) is 22.0. The molecule has 5 rings (SSSR count). The lowest BCUT2D eigenvalue weighted by atomic mass is 10.1. The molecule has 15 heteroatoms. The van der Waals surface area contributed by atoms with Gasteiger partial charge in [0.1, 0.15) is 24.5 Å². The zero-order valence-corrected chi connectivity index (χ0v) is 24.9. The molecular formula is C31H29N9O6. The van der Waals surface area contributed by atoms with Crippen molar-refractivity contribution in [2.24, 2.45) is 0 Å². The molecule has 2 N–H and O–H groups in total. The van der Waals surface area contributed by atoms with E-state index in [0.717, 1.165) is 11.1 Å².